The molecule has 0 amide bonds. The van der Waals surface area contributed by atoms with Crippen LogP contribution in [0, 0.1) is 0 Å². The molecule has 5 nitrogen and oxygen atoms in total. The molecular formula is C22H36O5. The molecular weight excluding hydrogens is 344 g/mol. The standard InChI is InChI=1S/C22H36O5/c1-5-9-11-17(7-3)15-20(22(25)26)19(21(23)24)13-14-27-16-18(8-4)12-10-6-2/h15-16H,5-14H2,1-4H3,(H,23,24)(H,25,26)/b17-15?,18-16?,20-19+. The van der Waals surface area contributed by atoms with Gasteiger partial charge < -0.3 is 14.9 Å². The minimum absolute atomic E-state index is 0.0551. The van der Waals surface area contributed by atoms with Gasteiger partial charge in [0, 0.05) is 6.42 Å². The van der Waals surface area contributed by atoms with E-state index < -0.39 is 11.9 Å². The van der Waals surface area contributed by atoms with E-state index in [2.05, 4.69) is 20.8 Å². The molecule has 0 unspecified atom stereocenters. The summed E-state index contributed by atoms with van der Waals surface area (Å²) in [7, 11) is 0. The Morgan fingerprint density at radius 3 is 1.81 bits per heavy atom. The Morgan fingerprint density at radius 1 is 0.815 bits per heavy atom. The third-order valence-corrected chi connectivity index (χ3v) is 4.49. The number of carboxylic acid groups (broad SMARTS) is 2. The summed E-state index contributed by atoms with van der Waals surface area (Å²) in [6.07, 6.45) is 10.8. The van der Waals surface area contributed by atoms with E-state index in [1.54, 1.807) is 6.26 Å². The summed E-state index contributed by atoms with van der Waals surface area (Å²) in [5.41, 5.74) is 1.90. The number of unbranched alkanes of at least 4 members (excludes halogenated alkanes) is 2. The van der Waals surface area contributed by atoms with Crippen molar-refractivity contribution < 1.29 is 24.5 Å². The maximum atomic E-state index is 11.7. The minimum Gasteiger partial charge on any atom is -0.501 e. The quantitative estimate of drug-likeness (QED) is 0.161. The van der Waals surface area contributed by atoms with Gasteiger partial charge in [0.15, 0.2) is 0 Å². The highest BCUT2D eigenvalue weighted by atomic mass is 16.5. The molecule has 154 valence electrons. The zero-order chi connectivity index (χ0) is 20.7. The van der Waals surface area contributed by atoms with Gasteiger partial charge in [-0.3, -0.25) is 0 Å². The van der Waals surface area contributed by atoms with E-state index in [-0.39, 0.29) is 24.2 Å². The van der Waals surface area contributed by atoms with Crippen LogP contribution in [-0.4, -0.2) is 28.8 Å². The van der Waals surface area contributed by atoms with Crippen LogP contribution in [0.2, 0.25) is 0 Å². The van der Waals surface area contributed by atoms with Gasteiger partial charge in [-0.15, -0.1) is 0 Å². The number of hydrogen-bond donors (Lipinski definition) is 2. The smallest absolute Gasteiger partial charge is 0.336 e. The SMILES string of the molecule is CCCCC(=COCC/C(C(=O)O)=C(/C=C(CC)CCCC)C(=O)O)CC. The summed E-state index contributed by atoms with van der Waals surface area (Å²) in [6.45, 7) is 8.36. The van der Waals surface area contributed by atoms with Crippen LogP contribution in [0.5, 0.6) is 0 Å². The summed E-state index contributed by atoms with van der Waals surface area (Å²) in [5, 5.41) is 19.0. The van der Waals surface area contributed by atoms with Crippen LogP contribution in [0.25, 0.3) is 0 Å². The van der Waals surface area contributed by atoms with Crippen LogP contribution >= 0.6 is 0 Å². The number of carboxylic acids is 2. The second-order valence-electron chi connectivity index (χ2n) is 6.62. The number of ether oxygens (including phenoxy) is 1. The third kappa shape index (κ3) is 10.6. The van der Waals surface area contributed by atoms with Gasteiger partial charge in [-0.05, 0) is 50.2 Å². The van der Waals surface area contributed by atoms with E-state index >= 15 is 0 Å². The molecule has 0 rings (SSSR count). The average Bonchev–Trinajstić information content (AvgIpc) is 2.64. The van der Waals surface area contributed by atoms with Gasteiger partial charge in [0.25, 0.3) is 0 Å². The molecule has 0 spiro atoms. The molecule has 0 aliphatic carbocycles. The lowest BCUT2D eigenvalue weighted by molar-refractivity contribution is -0.135. The zero-order valence-corrected chi connectivity index (χ0v) is 17.3. The molecule has 0 saturated heterocycles. The molecule has 27 heavy (non-hydrogen) atoms. The van der Waals surface area contributed by atoms with Gasteiger partial charge in [-0.1, -0.05) is 46.1 Å². The highest BCUT2D eigenvalue weighted by Gasteiger charge is 2.19. The lowest BCUT2D eigenvalue weighted by atomic mass is 9.99. The van der Waals surface area contributed by atoms with E-state index in [0.717, 1.165) is 50.5 Å². The first-order chi connectivity index (χ1) is 12.9. The molecule has 0 heterocycles. The first kappa shape index (κ1) is 25.0. The second-order valence-corrected chi connectivity index (χ2v) is 6.62. The van der Waals surface area contributed by atoms with E-state index in [1.807, 2.05) is 6.92 Å². The molecule has 0 saturated carbocycles. The highest BCUT2D eigenvalue weighted by Crippen LogP contribution is 2.19. The molecule has 0 atom stereocenters. The molecule has 2 N–H and O–H groups in total. The van der Waals surface area contributed by atoms with Gasteiger partial charge in [0.05, 0.1) is 24.0 Å². The van der Waals surface area contributed by atoms with E-state index in [0.29, 0.717) is 6.42 Å². The fourth-order valence-electron chi connectivity index (χ4n) is 2.65. The van der Waals surface area contributed by atoms with Crippen LogP contribution < -0.4 is 0 Å². The summed E-state index contributed by atoms with van der Waals surface area (Å²) in [5.74, 6) is -2.41. The maximum Gasteiger partial charge on any atom is 0.336 e. The molecule has 0 aromatic carbocycles. The normalized spacial score (nSPS) is 13.3. The molecule has 0 fully saturated rings. The Hall–Kier alpha value is -2.04. The van der Waals surface area contributed by atoms with Gasteiger partial charge in [-0.2, -0.15) is 0 Å². The Morgan fingerprint density at radius 2 is 1.37 bits per heavy atom. The van der Waals surface area contributed by atoms with Crippen molar-refractivity contribution in [1.82, 2.24) is 0 Å². The largest absolute Gasteiger partial charge is 0.501 e. The number of aliphatic carboxylic acids is 2. The van der Waals surface area contributed by atoms with E-state index in [9.17, 15) is 19.8 Å². The predicted molar refractivity (Wildman–Crippen MR) is 109 cm³/mol. The maximum absolute atomic E-state index is 11.7. The predicted octanol–water partition coefficient (Wildman–Crippen LogP) is 5.87. The Balaban J connectivity index is 5.30. The Bertz CT molecular complexity index is 555. The van der Waals surface area contributed by atoms with Crippen molar-refractivity contribution >= 4 is 11.9 Å². The van der Waals surface area contributed by atoms with Crippen molar-refractivity contribution in [2.45, 2.75) is 85.5 Å². The summed E-state index contributed by atoms with van der Waals surface area (Å²) in [4.78, 5) is 23.3. The van der Waals surface area contributed by atoms with Gasteiger partial charge in [0.1, 0.15) is 0 Å². The lowest BCUT2D eigenvalue weighted by Gasteiger charge is -2.10. The van der Waals surface area contributed by atoms with Crippen molar-refractivity contribution in [3.63, 3.8) is 0 Å². The van der Waals surface area contributed by atoms with Crippen molar-refractivity contribution in [3.8, 4) is 0 Å². The van der Waals surface area contributed by atoms with Crippen LogP contribution in [-0.2, 0) is 14.3 Å². The fourth-order valence-corrected chi connectivity index (χ4v) is 2.65. The number of rotatable bonds is 15. The molecule has 0 bridgehead atoms. The van der Waals surface area contributed by atoms with Crippen LogP contribution in [0.1, 0.15) is 85.5 Å². The topological polar surface area (TPSA) is 83.8 Å². The first-order valence-electron chi connectivity index (χ1n) is 10.1. The third-order valence-electron chi connectivity index (χ3n) is 4.49. The fraction of sp³-hybridized carbons (Fsp3) is 0.636. The Kier molecular flexibility index (Phi) is 13.9. The van der Waals surface area contributed by atoms with Crippen molar-refractivity contribution in [3.05, 3.63) is 34.6 Å². The molecule has 5 heteroatoms. The number of allylic oxidation sites excluding steroid dienone is 2. The first-order valence-corrected chi connectivity index (χ1v) is 10.1. The average molecular weight is 381 g/mol. The van der Waals surface area contributed by atoms with Gasteiger partial charge in [-0.25, -0.2) is 9.59 Å². The monoisotopic (exact) mass is 380 g/mol. The lowest BCUT2D eigenvalue weighted by Crippen LogP contribution is -2.12. The summed E-state index contributed by atoms with van der Waals surface area (Å²) in [6, 6.07) is 0. The molecule has 0 aliphatic heterocycles. The van der Waals surface area contributed by atoms with E-state index in [4.69, 9.17) is 4.74 Å². The van der Waals surface area contributed by atoms with Crippen molar-refractivity contribution in [1.29, 1.82) is 0 Å². The molecule has 0 aromatic rings. The van der Waals surface area contributed by atoms with Gasteiger partial charge >= 0.3 is 11.9 Å². The van der Waals surface area contributed by atoms with Crippen LogP contribution in [0.15, 0.2) is 34.6 Å². The summed E-state index contributed by atoms with van der Waals surface area (Å²) < 4.78 is 5.52. The highest BCUT2D eigenvalue weighted by molar-refractivity contribution is 6.01. The van der Waals surface area contributed by atoms with Crippen molar-refractivity contribution in [2.24, 2.45) is 0 Å². The Labute approximate surface area is 163 Å². The van der Waals surface area contributed by atoms with Crippen molar-refractivity contribution in [2.75, 3.05) is 6.61 Å². The molecule has 0 aromatic heterocycles. The number of carbonyl (C=O) groups is 2. The molecule has 0 radical (unpaired) electrons. The second kappa shape index (κ2) is 15.1. The van der Waals surface area contributed by atoms with Crippen LogP contribution in [0.4, 0.5) is 0 Å². The van der Waals surface area contributed by atoms with E-state index in [1.165, 1.54) is 11.6 Å². The molecule has 0 aliphatic rings. The minimum atomic E-state index is -1.21. The summed E-state index contributed by atoms with van der Waals surface area (Å²) >= 11 is 0. The van der Waals surface area contributed by atoms with Crippen LogP contribution in [0.3, 0.4) is 0 Å². The zero-order valence-electron chi connectivity index (χ0n) is 17.3. The van der Waals surface area contributed by atoms with Gasteiger partial charge in [0.2, 0.25) is 0 Å². The number of hydrogen-bond acceptors (Lipinski definition) is 3.